The van der Waals surface area contributed by atoms with Gasteiger partial charge in [0.05, 0.1) is 6.04 Å². The summed E-state index contributed by atoms with van der Waals surface area (Å²) in [4.78, 5) is 0. The minimum atomic E-state index is -3.53. The second-order valence-electron chi connectivity index (χ2n) is 7.62. The van der Waals surface area contributed by atoms with Gasteiger partial charge in [-0.15, -0.1) is 12.4 Å². The number of fused-ring (bicyclic) bond motifs is 1. The van der Waals surface area contributed by atoms with Gasteiger partial charge in [0, 0.05) is 30.8 Å². The number of nitrogens with one attached hydrogen (secondary N) is 1. The number of halogens is 1. The van der Waals surface area contributed by atoms with E-state index in [4.69, 9.17) is 10.5 Å². The third-order valence-corrected chi connectivity index (χ3v) is 6.49. The van der Waals surface area contributed by atoms with E-state index in [2.05, 4.69) is 11.6 Å². The lowest BCUT2D eigenvalue weighted by atomic mass is 9.90. The second-order valence-corrected chi connectivity index (χ2v) is 9.32. The Morgan fingerprint density at radius 3 is 2.56 bits per heavy atom. The lowest BCUT2D eigenvalue weighted by molar-refractivity contribution is 0.0698. The van der Waals surface area contributed by atoms with Crippen LogP contribution in [0.1, 0.15) is 51.6 Å². The van der Waals surface area contributed by atoms with Crippen LogP contribution in [0, 0.1) is 5.92 Å². The Morgan fingerprint density at radius 1 is 1.28 bits per heavy atom. The second kappa shape index (κ2) is 7.31. The smallest absolute Gasteiger partial charge is 0.280 e. The first kappa shape index (κ1) is 20.3. The van der Waals surface area contributed by atoms with Gasteiger partial charge in [0.2, 0.25) is 0 Å². The van der Waals surface area contributed by atoms with Crippen LogP contribution in [0.15, 0.2) is 18.2 Å². The predicted molar refractivity (Wildman–Crippen MR) is 102 cm³/mol. The van der Waals surface area contributed by atoms with Crippen molar-refractivity contribution in [1.29, 1.82) is 0 Å². The summed E-state index contributed by atoms with van der Waals surface area (Å²) in [5.41, 5.74) is 6.87. The highest BCUT2D eigenvalue weighted by Gasteiger charge is 2.37. The molecular weight excluding hydrogens is 362 g/mol. The largest absolute Gasteiger partial charge is 0.487 e. The number of anilines is 1. The van der Waals surface area contributed by atoms with Crippen molar-refractivity contribution in [2.24, 2.45) is 5.92 Å². The van der Waals surface area contributed by atoms with Gasteiger partial charge in [0.25, 0.3) is 10.2 Å². The van der Waals surface area contributed by atoms with Gasteiger partial charge in [0.15, 0.2) is 0 Å². The van der Waals surface area contributed by atoms with Crippen LogP contribution in [0.5, 0.6) is 5.75 Å². The molecule has 2 aliphatic rings. The zero-order valence-electron chi connectivity index (χ0n) is 15.0. The van der Waals surface area contributed by atoms with E-state index in [-0.39, 0.29) is 18.4 Å². The third kappa shape index (κ3) is 4.58. The average Bonchev–Trinajstić information content (AvgIpc) is 2.47. The highest BCUT2D eigenvalue weighted by molar-refractivity contribution is 7.87. The maximum absolute atomic E-state index is 12.8. The van der Waals surface area contributed by atoms with Crippen molar-refractivity contribution in [2.75, 3.05) is 18.8 Å². The minimum absolute atomic E-state index is 0. The van der Waals surface area contributed by atoms with Gasteiger partial charge in [-0.05, 0) is 50.8 Å². The number of nitrogen functional groups attached to an aromatic ring is 1. The molecule has 0 amide bonds. The van der Waals surface area contributed by atoms with Crippen molar-refractivity contribution < 1.29 is 13.2 Å². The maximum Gasteiger partial charge on any atom is 0.280 e. The van der Waals surface area contributed by atoms with E-state index in [0.717, 1.165) is 18.4 Å². The van der Waals surface area contributed by atoms with Crippen LogP contribution in [0.3, 0.4) is 0 Å². The normalized spacial score (nSPS) is 24.0. The molecule has 8 heteroatoms. The molecule has 6 nitrogen and oxygen atoms in total. The molecule has 3 rings (SSSR count). The van der Waals surface area contributed by atoms with E-state index in [1.807, 2.05) is 19.9 Å². The Balaban J connectivity index is 0.00000225. The molecule has 0 spiro atoms. The summed E-state index contributed by atoms with van der Waals surface area (Å²) in [5, 5.41) is 0. The van der Waals surface area contributed by atoms with Crippen molar-refractivity contribution in [1.82, 2.24) is 9.03 Å². The number of hydrogen-bond donors (Lipinski definition) is 2. The van der Waals surface area contributed by atoms with Gasteiger partial charge in [-0.2, -0.15) is 17.4 Å². The summed E-state index contributed by atoms with van der Waals surface area (Å²) in [5.74, 6) is 1.28. The van der Waals surface area contributed by atoms with E-state index in [1.54, 1.807) is 16.4 Å². The first-order valence-corrected chi connectivity index (χ1v) is 9.96. The summed E-state index contributed by atoms with van der Waals surface area (Å²) in [6.45, 7) is 7.25. The molecule has 0 radical (unpaired) electrons. The van der Waals surface area contributed by atoms with Gasteiger partial charge < -0.3 is 10.5 Å². The Labute approximate surface area is 156 Å². The Morgan fingerprint density at radius 2 is 1.92 bits per heavy atom. The molecular formula is C17H28ClN3O3S. The number of piperidine rings is 1. The quantitative estimate of drug-likeness (QED) is 0.778. The fourth-order valence-corrected chi connectivity index (χ4v) is 4.87. The van der Waals surface area contributed by atoms with Crippen LogP contribution < -0.4 is 15.2 Å². The fourth-order valence-electron chi connectivity index (χ4n) is 3.46. The van der Waals surface area contributed by atoms with Gasteiger partial charge in [-0.25, -0.2) is 0 Å². The maximum atomic E-state index is 12.8. The van der Waals surface area contributed by atoms with Crippen LogP contribution in [-0.2, 0) is 10.2 Å². The van der Waals surface area contributed by atoms with Crippen molar-refractivity contribution in [3.8, 4) is 5.75 Å². The van der Waals surface area contributed by atoms with Crippen LogP contribution in [-0.4, -0.2) is 31.4 Å². The molecule has 1 aromatic carbocycles. The molecule has 2 heterocycles. The highest BCUT2D eigenvalue weighted by atomic mass is 35.5. The predicted octanol–water partition coefficient (Wildman–Crippen LogP) is 2.86. The minimum Gasteiger partial charge on any atom is -0.487 e. The first-order chi connectivity index (χ1) is 11.2. The topological polar surface area (TPSA) is 84.7 Å². The molecule has 1 unspecified atom stereocenters. The SMILES string of the molecule is CC1CCN(S(=O)(=O)NC2CC(C)(C)Oc3ccc(N)cc32)CC1.Cl. The molecule has 1 fully saturated rings. The summed E-state index contributed by atoms with van der Waals surface area (Å²) < 4.78 is 36.0. The molecule has 1 atom stereocenters. The zero-order valence-corrected chi connectivity index (χ0v) is 16.6. The molecule has 0 saturated carbocycles. The summed E-state index contributed by atoms with van der Waals surface area (Å²) in [6.07, 6.45) is 2.38. The third-order valence-electron chi connectivity index (χ3n) is 4.86. The van der Waals surface area contributed by atoms with Gasteiger partial charge >= 0.3 is 0 Å². The van der Waals surface area contributed by atoms with Crippen molar-refractivity contribution >= 4 is 28.3 Å². The van der Waals surface area contributed by atoms with E-state index in [0.29, 0.717) is 36.9 Å². The average molecular weight is 390 g/mol. The number of nitrogens with zero attached hydrogens (tertiary/aromatic N) is 1. The number of ether oxygens (including phenoxy) is 1. The van der Waals surface area contributed by atoms with E-state index in [1.165, 1.54) is 0 Å². The Kier molecular flexibility index (Phi) is 5.93. The van der Waals surface area contributed by atoms with Gasteiger partial charge in [-0.1, -0.05) is 6.92 Å². The lowest BCUT2D eigenvalue weighted by Crippen LogP contribution is -2.48. The van der Waals surface area contributed by atoms with E-state index >= 15 is 0 Å². The molecule has 1 aromatic rings. The number of nitrogens with two attached hydrogens (primary N) is 1. The highest BCUT2D eigenvalue weighted by Crippen LogP contribution is 2.40. The van der Waals surface area contributed by atoms with Crippen LogP contribution in [0.4, 0.5) is 5.69 Å². The standard InChI is InChI=1S/C17H27N3O3S.ClH/c1-12-6-8-20(9-7-12)24(21,22)19-15-11-17(2,3)23-16-5-4-13(18)10-14(15)16;/h4-5,10,12,15,19H,6-9,11,18H2,1-3H3;1H. The summed E-state index contributed by atoms with van der Waals surface area (Å²) in [6, 6.07) is 5.06. The van der Waals surface area contributed by atoms with E-state index in [9.17, 15) is 8.42 Å². The molecule has 25 heavy (non-hydrogen) atoms. The van der Waals surface area contributed by atoms with Crippen molar-refractivity contribution in [3.05, 3.63) is 23.8 Å². The number of hydrogen-bond acceptors (Lipinski definition) is 4. The van der Waals surface area contributed by atoms with Gasteiger partial charge in [-0.3, -0.25) is 0 Å². The van der Waals surface area contributed by atoms with Crippen LogP contribution in [0.2, 0.25) is 0 Å². The van der Waals surface area contributed by atoms with Crippen LogP contribution in [0.25, 0.3) is 0 Å². The molecule has 0 aliphatic carbocycles. The number of rotatable bonds is 3. The Bertz CT molecular complexity index is 716. The molecule has 2 aliphatic heterocycles. The van der Waals surface area contributed by atoms with Crippen molar-refractivity contribution in [2.45, 2.75) is 51.7 Å². The number of benzene rings is 1. The van der Waals surface area contributed by atoms with E-state index < -0.39 is 15.8 Å². The first-order valence-electron chi connectivity index (χ1n) is 8.52. The van der Waals surface area contributed by atoms with Crippen molar-refractivity contribution in [3.63, 3.8) is 0 Å². The molecule has 142 valence electrons. The fraction of sp³-hybridized carbons (Fsp3) is 0.647. The summed E-state index contributed by atoms with van der Waals surface area (Å²) >= 11 is 0. The van der Waals surface area contributed by atoms with Gasteiger partial charge in [0.1, 0.15) is 11.4 Å². The molecule has 1 saturated heterocycles. The zero-order chi connectivity index (χ0) is 17.5. The van der Waals surface area contributed by atoms with Crippen LogP contribution >= 0.6 is 12.4 Å². The lowest BCUT2D eigenvalue weighted by Gasteiger charge is -2.39. The Hall–Kier alpha value is -1.02. The molecule has 0 bridgehead atoms. The molecule has 3 N–H and O–H groups in total. The molecule has 0 aromatic heterocycles. The monoisotopic (exact) mass is 389 g/mol. The summed E-state index contributed by atoms with van der Waals surface area (Å²) in [7, 11) is -3.53.